The van der Waals surface area contributed by atoms with Crippen LogP contribution in [0.15, 0.2) is 36.7 Å². The first-order valence-corrected chi connectivity index (χ1v) is 10.2. The summed E-state index contributed by atoms with van der Waals surface area (Å²) < 4.78 is 0. The second kappa shape index (κ2) is 11.8. The van der Waals surface area contributed by atoms with E-state index >= 15 is 0 Å². The summed E-state index contributed by atoms with van der Waals surface area (Å²) in [7, 11) is 0. The zero-order chi connectivity index (χ0) is 17.7. The molecule has 0 unspecified atom stereocenters. The minimum absolute atomic E-state index is 0.955. The van der Waals surface area contributed by atoms with E-state index in [1.165, 1.54) is 75.3 Å². The topological polar surface area (TPSA) is 25.8 Å². The zero-order valence-electron chi connectivity index (χ0n) is 16.1. The van der Waals surface area contributed by atoms with E-state index in [9.17, 15) is 0 Å². The first-order valence-electron chi connectivity index (χ1n) is 10.2. The third-order valence-electron chi connectivity index (χ3n) is 4.82. The predicted octanol–water partition coefficient (Wildman–Crippen LogP) is 6.92. The molecule has 0 aliphatic rings. The monoisotopic (exact) mass is 338 g/mol. The fourth-order valence-corrected chi connectivity index (χ4v) is 3.16. The van der Waals surface area contributed by atoms with E-state index in [1.807, 2.05) is 18.5 Å². The molecule has 0 aromatic carbocycles. The van der Waals surface area contributed by atoms with E-state index in [0.717, 1.165) is 17.8 Å². The van der Waals surface area contributed by atoms with Gasteiger partial charge in [0.1, 0.15) is 0 Å². The first-order chi connectivity index (χ1) is 12.3. The summed E-state index contributed by atoms with van der Waals surface area (Å²) in [5, 5.41) is 0. The highest BCUT2D eigenvalue weighted by Gasteiger charge is 2.01. The lowest BCUT2D eigenvalue weighted by atomic mass is 10.0. The second-order valence-electron chi connectivity index (χ2n) is 7.20. The number of unbranched alkanes of at least 4 members (excludes halogenated alkanes) is 9. The Morgan fingerprint density at radius 3 is 1.72 bits per heavy atom. The number of aryl methyl sites for hydroxylation is 2. The largest absolute Gasteiger partial charge is 0.254 e. The van der Waals surface area contributed by atoms with Gasteiger partial charge < -0.3 is 0 Å². The number of nitrogens with zero attached hydrogens (tertiary/aromatic N) is 2. The van der Waals surface area contributed by atoms with Gasteiger partial charge in [0, 0.05) is 12.4 Å². The summed E-state index contributed by atoms with van der Waals surface area (Å²) in [4.78, 5) is 9.02. The van der Waals surface area contributed by atoms with Gasteiger partial charge >= 0.3 is 0 Å². The molecule has 0 spiro atoms. The van der Waals surface area contributed by atoms with E-state index in [0.29, 0.717) is 0 Å². The fourth-order valence-electron chi connectivity index (χ4n) is 3.16. The number of hydrogen-bond donors (Lipinski definition) is 0. The van der Waals surface area contributed by atoms with Crippen molar-refractivity contribution in [1.82, 2.24) is 9.97 Å². The number of pyridine rings is 2. The lowest BCUT2D eigenvalue weighted by Gasteiger charge is -2.04. The molecule has 2 heteroatoms. The minimum atomic E-state index is 0.955. The molecule has 0 aliphatic carbocycles. The van der Waals surface area contributed by atoms with Crippen molar-refractivity contribution in [3.8, 4) is 11.4 Å². The molecule has 0 radical (unpaired) electrons. The average Bonchev–Trinajstić information content (AvgIpc) is 2.64. The molecule has 0 aliphatic heterocycles. The van der Waals surface area contributed by atoms with Gasteiger partial charge in [-0.25, -0.2) is 0 Å². The molecule has 0 saturated heterocycles. The van der Waals surface area contributed by atoms with Crippen molar-refractivity contribution in [3.63, 3.8) is 0 Å². The molecule has 0 amide bonds. The highest BCUT2D eigenvalue weighted by molar-refractivity contribution is 5.53. The van der Waals surface area contributed by atoms with Crippen molar-refractivity contribution < 1.29 is 0 Å². The highest BCUT2D eigenvalue weighted by Crippen LogP contribution is 2.16. The van der Waals surface area contributed by atoms with Crippen LogP contribution in [0.5, 0.6) is 0 Å². The van der Waals surface area contributed by atoms with E-state index in [2.05, 4.69) is 42.0 Å². The van der Waals surface area contributed by atoms with Gasteiger partial charge in [0.05, 0.1) is 11.4 Å². The van der Waals surface area contributed by atoms with Crippen molar-refractivity contribution in [2.24, 2.45) is 0 Å². The van der Waals surface area contributed by atoms with Crippen LogP contribution in [0.25, 0.3) is 11.4 Å². The Morgan fingerprint density at radius 1 is 0.640 bits per heavy atom. The standard InChI is InChI=1S/C23H34N2/c1-3-4-5-6-7-8-9-10-11-12-13-21-15-17-23(25-19-21)22-16-14-20(2)18-24-22/h14-19H,3-13H2,1-2H3. The summed E-state index contributed by atoms with van der Waals surface area (Å²) in [5.41, 5.74) is 4.44. The van der Waals surface area contributed by atoms with Crippen molar-refractivity contribution in [2.45, 2.75) is 84.5 Å². The highest BCUT2D eigenvalue weighted by atomic mass is 14.8. The normalized spacial score (nSPS) is 11.0. The Kier molecular flexibility index (Phi) is 9.25. The molecular formula is C23H34N2. The zero-order valence-corrected chi connectivity index (χ0v) is 16.1. The van der Waals surface area contributed by atoms with Crippen LogP contribution in [0.3, 0.4) is 0 Å². The molecule has 0 atom stereocenters. The molecule has 0 saturated carbocycles. The van der Waals surface area contributed by atoms with Gasteiger partial charge in [0.2, 0.25) is 0 Å². The van der Waals surface area contributed by atoms with Crippen LogP contribution in [0.1, 0.15) is 82.3 Å². The van der Waals surface area contributed by atoms with E-state index < -0.39 is 0 Å². The Balaban J connectivity index is 1.58. The SMILES string of the molecule is CCCCCCCCCCCCc1ccc(-c2ccc(C)cn2)nc1. The van der Waals surface area contributed by atoms with Crippen LogP contribution < -0.4 is 0 Å². The lowest BCUT2D eigenvalue weighted by Crippen LogP contribution is -1.91. The maximum atomic E-state index is 4.58. The van der Waals surface area contributed by atoms with Crippen LogP contribution >= 0.6 is 0 Å². The van der Waals surface area contributed by atoms with Crippen molar-refractivity contribution in [2.75, 3.05) is 0 Å². The van der Waals surface area contributed by atoms with Crippen LogP contribution in [0.4, 0.5) is 0 Å². The maximum absolute atomic E-state index is 4.58. The second-order valence-corrected chi connectivity index (χ2v) is 7.20. The molecule has 2 heterocycles. The Morgan fingerprint density at radius 2 is 1.20 bits per heavy atom. The fraction of sp³-hybridized carbons (Fsp3) is 0.565. The molecule has 0 fully saturated rings. The van der Waals surface area contributed by atoms with Crippen LogP contribution in [-0.4, -0.2) is 9.97 Å². The van der Waals surface area contributed by atoms with Gasteiger partial charge in [0.25, 0.3) is 0 Å². The Hall–Kier alpha value is -1.70. The molecule has 2 nitrogen and oxygen atoms in total. The molecule has 136 valence electrons. The van der Waals surface area contributed by atoms with Gasteiger partial charge in [-0.3, -0.25) is 9.97 Å². The van der Waals surface area contributed by atoms with Crippen molar-refractivity contribution >= 4 is 0 Å². The molecule has 0 bridgehead atoms. The summed E-state index contributed by atoms with van der Waals surface area (Å²) >= 11 is 0. The van der Waals surface area contributed by atoms with Gasteiger partial charge in [-0.05, 0) is 43.0 Å². The Bertz CT molecular complexity index is 572. The number of rotatable bonds is 12. The van der Waals surface area contributed by atoms with Gasteiger partial charge in [-0.15, -0.1) is 0 Å². The van der Waals surface area contributed by atoms with Crippen LogP contribution in [0.2, 0.25) is 0 Å². The summed E-state index contributed by atoms with van der Waals surface area (Å²) in [6, 6.07) is 8.43. The number of aromatic nitrogens is 2. The predicted molar refractivity (Wildman–Crippen MR) is 108 cm³/mol. The lowest BCUT2D eigenvalue weighted by molar-refractivity contribution is 0.556. The van der Waals surface area contributed by atoms with Gasteiger partial charge in [-0.2, -0.15) is 0 Å². The first kappa shape index (κ1) is 19.6. The number of hydrogen-bond acceptors (Lipinski definition) is 2. The third-order valence-corrected chi connectivity index (χ3v) is 4.82. The Labute approximate surface area is 154 Å². The molecule has 2 aromatic rings. The van der Waals surface area contributed by atoms with Gasteiger partial charge in [0.15, 0.2) is 0 Å². The average molecular weight is 339 g/mol. The molecule has 2 aromatic heterocycles. The summed E-state index contributed by atoms with van der Waals surface area (Å²) in [6.07, 6.45) is 18.9. The van der Waals surface area contributed by atoms with Crippen LogP contribution in [-0.2, 0) is 6.42 Å². The summed E-state index contributed by atoms with van der Waals surface area (Å²) in [6.45, 7) is 4.34. The molecule has 0 N–H and O–H groups in total. The molecule has 2 rings (SSSR count). The van der Waals surface area contributed by atoms with Crippen molar-refractivity contribution in [1.29, 1.82) is 0 Å². The molecule has 25 heavy (non-hydrogen) atoms. The quantitative estimate of drug-likeness (QED) is 0.393. The van der Waals surface area contributed by atoms with Gasteiger partial charge in [-0.1, -0.05) is 76.8 Å². The minimum Gasteiger partial charge on any atom is -0.254 e. The summed E-state index contributed by atoms with van der Waals surface area (Å²) in [5.74, 6) is 0. The maximum Gasteiger partial charge on any atom is 0.0886 e. The van der Waals surface area contributed by atoms with E-state index in [-0.39, 0.29) is 0 Å². The smallest absolute Gasteiger partial charge is 0.0886 e. The van der Waals surface area contributed by atoms with Crippen molar-refractivity contribution in [3.05, 3.63) is 47.8 Å². The van der Waals surface area contributed by atoms with Crippen LogP contribution in [0, 0.1) is 6.92 Å². The van der Waals surface area contributed by atoms with E-state index in [1.54, 1.807) is 0 Å². The third kappa shape index (κ3) is 7.81. The molecular weight excluding hydrogens is 304 g/mol. The van der Waals surface area contributed by atoms with E-state index in [4.69, 9.17) is 0 Å².